The van der Waals surface area contributed by atoms with Crippen LogP contribution in [0.15, 0.2) is 0 Å². The molecular formula is C13H24N3O2+. The summed E-state index contributed by atoms with van der Waals surface area (Å²) < 4.78 is 7.68. The summed E-state index contributed by atoms with van der Waals surface area (Å²) in [5.41, 5.74) is 1.05. The molecule has 1 saturated heterocycles. The summed E-state index contributed by atoms with van der Waals surface area (Å²) in [5, 5.41) is 6.26. The lowest BCUT2D eigenvalue weighted by Crippen LogP contribution is -2.51. The van der Waals surface area contributed by atoms with Crippen LogP contribution in [0, 0.1) is 0 Å². The monoisotopic (exact) mass is 254 g/mol. The summed E-state index contributed by atoms with van der Waals surface area (Å²) >= 11 is 0. The van der Waals surface area contributed by atoms with Crippen molar-refractivity contribution in [1.29, 1.82) is 0 Å². The van der Waals surface area contributed by atoms with Crippen LogP contribution in [0.3, 0.4) is 0 Å². The van der Waals surface area contributed by atoms with Gasteiger partial charge in [-0.2, -0.15) is 0 Å². The second-order valence-electron chi connectivity index (χ2n) is 6.05. The Bertz CT molecular complexity index is 342. The number of piperazine rings is 1. The highest BCUT2D eigenvalue weighted by molar-refractivity contribution is 5.88. The van der Waals surface area contributed by atoms with Crippen LogP contribution in [0.2, 0.25) is 0 Å². The van der Waals surface area contributed by atoms with Gasteiger partial charge in [-0.15, -0.1) is 0 Å². The molecule has 0 spiro atoms. The zero-order valence-corrected chi connectivity index (χ0v) is 11.6. The molecule has 0 bridgehead atoms. The molecule has 5 nitrogen and oxygen atoms in total. The van der Waals surface area contributed by atoms with Crippen molar-refractivity contribution >= 4 is 11.8 Å². The maximum Gasteiger partial charge on any atom is 0.407 e. The van der Waals surface area contributed by atoms with Crippen LogP contribution < -0.4 is 10.6 Å². The molecule has 0 radical (unpaired) electrons. The summed E-state index contributed by atoms with van der Waals surface area (Å²) in [4.78, 5) is 11.6. The Morgan fingerprint density at radius 3 is 2.50 bits per heavy atom. The second kappa shape index (κ2) is 5.26. The van der Waals surface area contributed by atoms with Crippen molar-refractivity contribution < 1.29 is 14.1 Å². The summed E-state index contributed by atoms with van der Waals surface area (Å²) in [6, 6.07) is 0.254. The predicted octanol–water partition coefficient (Wildman–Crippen LogP) is 0.730. The minimum atomic E-state index is -0.418. The molecule has 0 unspecified atom stereocenters. The number of ether oxygens (including phenoxy) is 1. The molecule has 2 N–H and O–H groups in total. The van der Waals surface area contributed by atoms with Crippen molar-refractivity contribution in [1.82, 2.24) is 10.6 Å². The van der Waals surface area contributed by atoms with Crippen molar-refractivity contribution in [2.24, 2.45) is 0 Å². The van der Waals surface area contributed by atoms with E-state index in [1.807, 2.05) is 20.8 Å². The van der Waals surface area contributed by atoms with Crippen LogP contribution >= 0.6 is 0 Å². The molecule has 2 aliphatic rings. The first-order valence-electron chi connectivity index (χ1n) is 6.74. The fraction of sp³-hybridized carbons (Fsp3) is 0.846. The highest BCUT2D eigenvalue weighted by Crippen LogP contribution is 2.17. The molecule has 2 rings (SSSR count). The zero-order chi connectivity index (χ0) is 13.2. The number of alkyl carbamates (subject to hydrolysis) is 1. The van der Waals surface area contributed by atoms with E-state index in [1.165, 1.54) is 5.71 Å². The maximum atomic E-state index is 11.6. The standard InChI is InChI=1S/C13H23N3O2/c1-13(2,3)18-12(17)15-10-8-11(9-10)16-6-4-14-5-7-16/h10,14H,4-9H2,1-3H3/p+1. The lowest BCUT2D eigenvalue weighted by atomic mass is 9.89. The zero-order valence-electron chi connectivity index (χ0n) is 11.6. The summed E-state index contributed by atoms with van der Waals surface area (Å²) in [6.45, 7) is 9.95. The number of hydrogen-bond donors (Lipinski definition) is 2. The fourth-order valence-corrected chi connectivity index (χ4v) is 2.32. The van der Waals surface area contributed by atoms with Crippen LogP contribution in [0.4, 0.5) is 4.79 Å². The summed E-state index contributed by atoms with van der Waals surface area (Å²) in [7, 11) is 0. The molecule has 0 aromatic heterocycles. The van der Waals surface area contributed by atoms with Gasteiger partial charge in [0, 0.05) is 12.8 Å². The molecule has 1 aliphatic heterocycles. The Morgan fingerprint density at radius 1 is 1.33 bits per heavy atom. The average Bonchev–Trinajstić information content (AvgIpc) is 2.21. The number of carbonyl (C=O) groups excluding carboxylic acids is 1. The van der Waals surface area contributed by atoms with E-state index in [-0.39, 0.29) is 12.1 Å². The van der Waals surface area contributed by atoms with E-state index in [4.69, 9.17) is 4.74 Å². The van der Waals surface area contributed by atoms with E-state index in [2.05, 4.69) is 15.2 Å². The first-order chi connectivity index (χ1) is 8.44. The van der Waals surface area contributed by atoms with Gasteiger partial charge in [-0.05, 0) is 20.8 Å². The lowest BCUT2D eigenvalue weighted by molar-refractivity contribution is -0.536. The number of hydrogen-bond acceptors (Lipinski definition) is 3. The van der Waals surface area contributed by atoms with Gasteiger partial charge in [0.2, 0.25) is 0 Å². The largest absolute Gasteiger partial charge is 0.444 e. The molecule has 2 fully saturated rings. The first-order valence-corrected chi connectivity index (χ1v) is 6.74. The van der Waals surface area contributed by atoms with Gasteiger partial charge in [0.1, 0.15) is 5.60 Å². The number of nitrogens with one attached hydrogen (secondary N) is 2. The Balaban J connectivity index is 1.74. The molecule has 102 valence electrons. The minimum Gasteiger partial charge on any atom is -0.444 e. The number of amides is 1. The third-order valence-electron chi connectivity index (χ3n) is 3.25. The Labute approximate surface area is 109 Å². The van der Waals surface area contributed by atoms with Crippen LogP contribution in [0.5, 0.6) is 0 Å². The third kappa shape index (κ3) is 3.70. The van der Waals surface area contributed by atoms with Crippen molar-refractivity contribution in [3.63, 3.8) is 0 Å². The van der Waals surface area contributed by atoms with Crippen LogP contribution in [0.25, 0.3) is 0 Å². The molecule has 0 aromatic rings. The van der Waals surface area contributed by atoms with E-state index in [0.717, 1.165) is 39.0 Å². The van der Waals surface area contributed by atoms with Gasteiger partial charge in [-0.3, -0.25) is 0 Å². The third-order valence-corrected chi connectivity index (χ3v) is 3.25. The van der Waals surface area contributed by atoms with Crippen molar-refractivity contribution in [2.45, 2.75) is 45.3 Å². The number of rotatable bonds is 1. The van der Waals surface area contributed by atoms with Gasteiger partial charge >= 0.3 is 6.09 Å². The van der Waals surface area contributed by atoms with Gasteiger partial charge in [0.15, 0.2) is 18.8 Å². The molecule has 0 aromatic carbocycles. The van der Waals surface area contributed by atoms with E-state index in [0.29, 0.717) is 0 Å². The van der Waals surface area contributed by atoms with Crippen molar-refractivity contribution in [3.05, 3.63) is 0 Å². The molecule has 5 heteroatoms. The van der Waals surface area contributed by atoms with Gasteiger partial charge in [0.05, 0.1) is 19.1 Å². The maximum absolute atomic E-state index is 11.6. The highest BCUT2D eigenvalue weighted by Gasteiger charge is 2.34. The van der Waals surface area contributed by atoms with E-state index >= 15 is 0 Å². The van der Waals surface area contributed by atoms with E-state index in [9.17, 15) is 4.79 Å². The van der Waals surface area contributed by atoms with Crippen LogP contribution in [0.1, 0.15) is 33.6 Å². The number of nitrogens with zero attached hydrogens (tertiary/aromatic N) is 1. The normalized spacial score (nSPS) is 24.5. The van der Waals surface area contributed by atoms with Gasteiger partial charge < -0.3 is 15.4 Å². The molecule has 1 aliphatic carbocycles. The van der Waals surface area contributed by atoms with Crippen LogP contribution in [-0.4, -0.2) is 54.2 Å². The highest BCUT2D eigenvalue weighted by atomic mass is 16.6. The van der Waals surface area contributed by atoms with Crippen molar-refractivity contribution in [3.8, 4) is 0 Å². The predicted molar refractivity (Wildman–Crippen MR) is 70.3 cm³/mol. The van der Waals surface area contributed by atoms with Gasteiger partial charge in [-0.1, -0.05) is 0 Å². The summed E-state index contributed by atoms with van der Waals surface area (Å²) in [5.74, 6) is 0. The van der Waals surface area contributed by atoms with Crippen molar-refractivity contribution in [2.75, 3.05) is 26.2 Å². The first kappa shape index (κ1) is 13.3. The minimum absolute atomic E-state index is 0.254. The SMILES string of the molecule is CC(C)(C)OC(=O)NC1CC(=[N+]2CCNCC2)C1. The smallest absolute Gasteiger partial charge is 0.407 e. The van der Waals surface area contributed by atoms with E-state index in [1.54, 1.807) is 0 Å². The molecule has 0 atom stereocenters. The Kier molecular flexibility index (Phi) is 3.90. The van der Waals surface area contributed by atoms with Gasteiger partial charge in [0.25, 0.3) is 0 Å². The molecule has 18 heavy (non-hydrogen) atoms. The van der Waals surface area contributed by atoms with Crippen LogP contribution in [-0.2, 0) is 4.74 Å². The second-order valence-corrected chi connectivity index (χ2v) is 6.05. The topological polar surface area (TPSA) is 53.4 Å². The summed E-state index contributed by atoms with van der Waals surface area (Å²) in [6.07, 6.45) is 1.64. The number of carbonyl (C=O) groups is 1. The Morgan fingerprint density at radius 2 is 1.94 bits per heavy atom. The molecule has 1 saturated carbocycles. The van der Waals surface area contributed by atoms with Gasteiger partial charge in [-0.25, -0.2) is 9.37 Å². The molecule has 1 amide bonds. The molecule has 1 heterocycles. The average molecular weight is 254 g/mol. The fourth-order valence-electron chi connectivity index (χ4n) is 2.32. The quantitative estimate of drug-likeness (QED) is 0.678. The van der Waals surface area contributed by atoms with E-state index < -0.39 is 5.60 Å². The Hall–Kier alpha value is -1.10. The molecular weight excluding hydrogens is 230 g/mol. The lowest BCUT2D eigenvalue weighted by Gasteiger charge is -2.30.